The van der Waals surface area contributed by atoms with Crippen LogP contribution in [0.4, 0.5) is 0 Å². The Morgan fingerprint density at radius 3 is 2.41 bits per heavy atom. The highest BCUT2D eigenvalue weighted by Crippen LogP contribution is 2.35. The summed E-state index contributed by atoms with van der Waals surface area (Å²) < 4.78 is 5.43. The quantitative estimate of drug-likeness (QED) is 0.231. The predicted molar refractivity (Wildman–Crippen MR) is 114 cm³/mol. The highest BCUT2D eigenvalue weighted by Gasteiger charge is 2.21. The first-order valence-electron chi connectivity index (χ1n) is 11.1. The smallest absolute Gasteiger partial charge is 0.311 e. The number of ether oxygens (including phenoxy) is 1. The monoisotopic (exact) mass is 370 g/mol. The molecule has 0 spiro atoms. The molecule has 0 radical (unpaired) electrons. The Morgan fingerprint density at radius 2 is 1.81 bits per heavy atom. The minimum Gasteiger partial charge on any atom is -0.427 e. The van der Waals surface area contributed by atoms with Gasteiger partial charge in [-0.15, -0.1) is 0 Å². The molecule has 0 bridgehead atoms. The number of para-hydroxylation sites is 1. The van der Waals surface area contributed by atoms with Crippen molar-refractivity contribution in [3.63, 3.8) is 0 Å². The summed E-state index contributed by atoms with van der Waals surface area (Å²) in [6.07, 6.45) is 14.2. The van der Waals surface area contributed by atoms with Gasteiger partial charge in [-0.05, 0) is 68.4 Å². The molecule has 0 saturated heterocycles. The number of carbonyl (C=O) groups excluding carboxylic acids is 1. The van der Waals surface area contributed by atoms with Crippen LogP contribution in [0.3, 0.4) is 0 Å². The molecule has 150 valence electrons. The highest BCUT2D eigenvalue weighted by atomic mass is 16.5. The van der Waals surface area contributed by atoms with Gasteiger partial charge < -0.3 is 4.74 Å². The van der Waals surface area contributed by atoms with Crippen LogP contribution in [-0.2, 0) is 4.79 Å². The number of allylic oxidation sites excluding steroid dienone is 2. The molecule has 0 N–H and O–H groups in total. The number of carbonyl (C=O) groups is 1. The average molecular weight is 371 g/mol. The van der Waals surface area contributed by atoms with Gasteiger partial charge in [0.05, 0.1) is 0 Å². The lowest BCUT2D eigenvalue weighted by Gasteiger charge is -2.27. The molecule has 0 saturated carbocycles. The van der Waals surface area contributed by atoms with Crippen molar-refractivity contribution in [1.82, 2.24) is 0 Å². The largest absolute Gasteiger partial charge is 0.427 e. The van der Waals surface area contributed by atoms with E-state index in [1.54, 1.807) is 5.57 Å². The molecule has 2 atom stereocenters. The van der Waals surface area contributed by atoms with Crippen molar-refractivity contribution in [2.24, 2.45) is 17.8 Å². The van der Waals surface area contributed by atoms with Crippen molar-refractivity contribution in [3.05, 3.63) is 42.0 Å². The lowest BCUT2D eigenvalue weighted by Crippen LogP contribution is -2.15. The second-order valence-corrected chi connectivity index (χ2v) is 8.11. The van der Waals surface area contributed by atoms with Crippen molar-refractivity contribution < 1.29 is 9.53 Å². The molecule has 2 heteroatoms. The fourth-order valence-corrected chi connectivity index (χ4v) is 4.32. The summed E-state index contributed by atoms with van der Waals surface area (Å²) in [5.74, 6) is 2.85. The zero-order chi connectivity index (χ0) is 19.5. The fraction of sp³-hybridized carbons (Fsp3) is 0.640. The Labute approximate surface area is 166 Å². The minimum absolute atomic E-state index is 0.112. The number of esters is 1. The van der Waals surface area contributed by atoms with Crippen molar-refractivity contribution in [3.8, 4) is 5.75 Å². The molecule has 27 heavy (non-hydrogen) atoms. The van der Waals surface area contributed by atoms with E-state index in [9.17, 15) is 4.79 Å². The third-order valence-corrected chi connectivity index (χ3v) is 6.38. The maximum atomic E-state index is 12.1. The molecule has 2 unspecified atom stereocenters. The van der Waals surface area contributed by atoms with Crippen LogP contribution in [0, 0.1) is 17.8 Å². The van der Waals surface area contributed by atoms with E-state index in [-0.39, 0.29) is 5.97 Å². The van der Waals surface area contributed by atoms with Crippen LogP contribution in [0.25, 0.3) is 0 Å². The summed E-state index contributed by atoms with van der Waals surface area (Å²) in [6.45, 7) is 6.89. The molecule has 1 aromatic rings. The second-order valence-electron chi connectivity index (χ2n) is 8.11. The minimum atomic E-state index is -0.112. The van der Waals surface area contributed by atoms with Gasteiger partial charge in [0.25, 0.3) is 0 Å². The van der Waals surface area contributed by atoms with Gasteiger partial charge in [-0.3, -0.25) is 4.79 Å². The lowest BCUT2D eigenvalue weighted by molar-refractivity contribution is -0.134. The van der Waals surface area contributed by atoms with E-state index in [0.717, 1.165) is 24.7 Å². The van der Waals surface area contributed by atoms with E-state index in [2.05, 4.69) is 26.8 Å². The fourth-order valence-electron chi connectivity index (χ4n) is 4.32. The van der Waals surface area contributed by atoms with Gasteiger partial charge in [0, 0.05) is 6.42 Å². The zero-order valence-corrected chi connectivity index (χ0v) is 17.6. The van der Waals surface area contributed by atoms with Gasteiger partial charge in [0.1, 0.15) is 5.75 Å². The highest BCUT2D eigenvalue weighted by molar-refractivity contribution is 5.72. The predicted octanol–water partition coefficient (Wildman–Crippen LogP) is 7.34. The van der Waals surface area contributed by atoms with E-state index >= 15 is 0 Å². The van der Waals surface area contributed by atoms with Crippen molar-refractivity contribution >= 4 is 5.97 Å². The average Bonchev–Trinajstić information content (AvgIpc) is 2.71. The van der Waals surface area contributed by atoms with Crippen LogP contribution < -0.4 is 4.74 Å². The summed E-state index contributed by atoms with van der Waals surface area (Å²) in [5.41, 5.74) is 1.59. The van der Waals surface area contributed by atoms with Gasteiger partial charge in [-0.1, -0.05) is 69.9 Å². The van der Waals surface area contributed by atoms with E-state index in [0.29, 0.717) is 18.1 Å². The molecule has 2 nitrogen and oxygen atoms in total. The molecule has 0 fully saturated rings. The normalized spacial score (nSPS) is 18.2. The van der Waals surface area contributed by atoms with Crippen molar-refractivity contribution in [1.29, 1.82) is 0 Å². The number of benzene rings is 1. The zero-order valence-electron chi connectivity index (χ0n) is 17.6. The Bertz CT molecular complexity index is 571. The second kappa shape index (κ2) is 12.0. The summed E-state index contributed by atoms with van der Waals surface area (Å²) in [4.78, 5) is 12.1. The molecule has 1 aliphatic carbocycles. The van der Waals surface area contributed by atoms with E-state index in [4.69, 9.17) is 4.74 Å². The Morgan fingerprint density at radius 1 is 1.07 bits per heavy atom. The summed E-state index contributed by atoms with van der Waals surface area (Å²) in [5, 5.41) is 0. The molecule has 0 aromatic heterocycles. The topological polar surface area (TPSA) is 26.3 Å². The summed E-state index contributed by atoms with van der Waals surface area (Å²) in [6, 6.07) is 9.38. The first-order valence-corrected chi connectivity index (χ1v) is 11.1. The van der Waals surface area contributed by atoms with Gasteiger partial charge in [0.2, 0.25) is 0 Å². The van der Waals surface area contributed by atoms with Gasteiger partial charge in [-0.2, -0.15) is 0 Å². The molecule has 0 heterocycles. The summed E-state index contributed by atoms with van der Waals surface area (Å²) >= 11 is 0. The Balaban J connectivity index is 1.75. The van der Waals surface area contributed by atoms with Crippen LogP contribution >= 0.6 is 0 Å². The molecular formula is C25H38O2. The molecular weight excluding hydrogens is 332 g/mol. The van der Waals surface area contributed by atoms with Gasteiger partial charge in [0.15, 0.2) is 0 Å². The Hall–Kier alpha value is -1.57. The molecule has 1 aromatic carbocycles. The van der Waals surface area contributed by atoms with Crippen molar-refractivity contribution in [2.45, 2.75) is 85.0 Å². The first-order chi connectivity index (χ1) is 13.2. The van der Waals surface area contributed by atoms with Gasteiger partial charge in [-0.25, -0.2) is 0 Å². The van der Waals surface area contributed by atoms with E-state index in [1.165, 1.54) is 44.9 Å². The molecule has 0 amide bonds. The SMILES string of the molecule is CCC(CC)CCC1CC=C(C(CC)CCC(=O)Oc2ccccc2)CC1. The number of hydrogen-bond acceptors (Lipinski definition) is 2. The standard InChI is InChI=1S/C25H38O2/c1-4-20(5-2)12-13-21-14-16-23(17-15-21)22(6-3)18-19-25(26)27-24-10-8-7-9-11-24/h7-11,16,20-22H,4-6,12-15,17-19H2,1-3H3. The Kier molecular flexibility index (Phi) is 9.66. The van der Waals surface area contributed by atoms with Crippen LogP contribution in [0.15, 0.2) is 42.0 Å². The van der Waals surface area contributed by atoms with Crippen molar-refractivity contribution in [2.75, 3.05) is 0 Å². The first kappa shape index (κ1) is 21.7. The van der Waals surface area contributed by atoms with Crippen LogP contribution in [0.1, 0.15) is 85.0 Å². The van der Waals surface area contributed by atoms with Crippen LogP contribution in [-0.4, -0.2) is 5.97 Å². The number of hydrogen-bond donors (Lipinski definition) is 0. The number of rotatable bonds is 11. The van der Waals surface area contributed by atoms with Crippen LogP contribution in [0.2, 0.25) is 0 Å². The third-order valence-electron chi connectivity index (χ3n) is 6.38. The summed E-state index contributed by atoms with van der Waals surface area (Å²) in [7, 11) is 0. The maximum absolute atomic E-state index is 12.1. The lowest BCUT2D eigenvalue weighted by atomic mass is 9.78. The molecule has 1 aliphatic rings. The maximum Gasteiger partial charge on any atom is 0.311 e. The van der Waals surface area contributed by atoms with E-state index in [1.807, 2.05) is 30.3 Å². The van der Waals surface area contributed by atoms with Gasteiger partial charge >= 0.3 is 5.97 Å². The van der Waals surface area contributed by atoms with Crippen LogP contribution in [0.5, 0.6) is 5.75 Å². The third kappa shape index (κ3) is 7.52. The molecule has 0 aliphatic heterocycles. The van der Waals surface area contributed by atoms with E-state index < -0.39 is 0 Å². The molecule has 2 rings (SSSR count).